The second-order valence-electron chi connectivity index (χ2n) is 4.23. The third-order valence-corrected chi connectivity index (χ3v) is 2.88. The van der Waals surface area contributed by atoms with E-state index in [1.165, 1.54) is 0 Å². The Morgan fingerprint density at radius 1 is 1.47 bits per heavy atom. The van der Waals surface area contributed by atoms with Crippen molar-refractivity contribution in [1.82, 2.24) is 5.32 Å². The van der Waals surface area contributed by atoms with Crippen molar-refractivity contribution in [2.75, 3.05) is 24.5 Å². The Kier molecular flexibility index (Phi) is 2.91. The van der Waals surface area contributed by atoms with Crippen LogP contribution in [0.3, 0.4) is 0 Å². The summed E-state index contributed by atoms with van der Waals surface area (Å²) in [6.07, 6.45) is 0. The van der Waals surface area contributed by atoms with Gasteiger partial charge in [-0.2, -0.15) is 0 Å². The number of benzene rings is 1. The molecule has 0 aromatic heterocycles. The van der Waals surface area contributed by atoms with E-state index < -0.39 is 0 Å². The van der Waals surface area contributed by atoms with E-state index in [2.05, 4.69) is 17.1 Å². The fourth-order valence-electron chi connectivity index (χ4n) is 1.99. The van der Waals surface area contributed by atoms with E-state index in [4.69, 9.17) is 0 Å². The zero-order valence-corrected chi connectivity index (χ0v) is 9.26. The monoisotopic (exact) mass is 208 g/mol. The maximum atomic E-state index is 13.1. The third kappa shape index (κ3) is 2.29. The van der Waals surface area contributed by atoms with E-state index in [1.54, 1.807) is 6.07 Å². The summed E-state index contributed by atoms with van der Waals surface area (Å²) in [6, 6.07) is 5.84. The first-order valence-electron chi connectivity index (χ1n) is 5.41. The van der Waals surface area contributed by atoms with Gasteiger partial charge in [-0.15, -0.1) is 0 Å². The summed E-state index contributed by atoms with van der Waals surface area (Å²) in [5.74, 6) is -0.123. The van der Waals surface area contributed by atoms with Crippen LogP contribution in [0.2, 0.25) is 0 Å². The first-order valence-corrected chi connectivity index (χ1v) is 5.41. The summed E-state index contributed by atoms with van der Waals surface area (Å²) < 4.78 is 13.1. The zero-order chi connectivity index (χ0) is 10.8. The minimum absolute atomic E-state index is 0.123. The zero-order valence-electron chi connectivity index (χ0n) is 9.26. The number of nitrogens with one attached hydrogen (secondary N) is 1. The molecule has 0 saturated carbocycles. The van der Waals surface area contributed by atoms with E-state index in [0.29, 0.717) is 6.04 Å². The van der Waals surface area contributed by atoms with Crippen molar-refractivity contribution < 1.29 is 4.39 Å². The largest absolute Gasteiger partial charge is 0.369 e. The van der Waals surface area contributed by atoms with Crippen molar-refractivity contribution in [2.24, 2.45) is 0 Å². The lowest BCUT2D eigenvalue weighted by atomic mass is 10.1. The highest BCUT2D eigenvalue weighted by atomic mass is 19.1. The molecule has 1 aliphatic rings. The van der Waals surface area contributed by atoms with E-state index in [9.17, 15) is 4.39 Å². The summed E-state index contributed by atoms with van der Waals surface area (Å²) in [7, 11) is 0. The SMILES string of the molecule is Cc1cc(N2CCN[C@H](C)C2)ccc1F. The van der Waals surface area contributed by atoms with Gasteiger partial charge in [0.25, 0.3) is 0 Å². The van der Waals surface area contributed by atoms with Gasteiger partial charge >= 0.3 is 0 Å². The number of halogens is 1. The van der Waals surface area contributed by atoms with Crippen molar-refractivity contribution in [3.63, 3.8) is 0 Å². The van der Waals surface area contributed by atoms with Gasteiger partial charge < -0.3 is 10.2 Å². The average Bonchev–Trinajstić information content (AvgIpc) is 2.22. The molecular weight excluding hydrogens is 191 g/mol. The Bertz CT molecular complexity index is 351. The average molecular weight is 208 g/mol. The summed E-state index contributed by atoms with van der Waals surface area (Å²) in [6.45, 7) is 6.96. The number of piperazine rings is 1. The molecule has 1 aromatic rings. The van der Waals surface area contributed by atoms with Gasteiger partial charge in [0.2, 0.25) is 0 Å². The molecule has 1 saturated heterocycles. The lowest BCUT2D eigenvalue weighted by Gasteiger charge is -2.33. The Labute approximate surface area is 90.1 Å². The van der Waals surface area contributed by atoms with Crippen molar-refractivity contribution in [1.29, 1.82) is 0 Å². The summed E-state index contributed by atoms with van der Waals surface area (Å²) in [4.78, 5) is 2.30. The fraction of sp³-hybridized carbons (Fsp3) is 0.500. The second-order valence-corrected chi connectivity index (χ2v) is 4.23. The molecule has 0 unspecified atom stereocenters. The molecule has 1 aromatic carbocycles. The molecule has 0 radical (unpaired) electrons. The molecule has 0 aliphatic carbocycles. The van der Waals surface area contributed by atoms with Crippen molar-refractivity contribution in [3.05, 3.63) is 29.6 Å². The molecule has 1 N–H and O–H groups in total. The van der Waals surface area contributed by atoms with Crippen LogP contribution < -0.4 is 10.2 Å². The van der Waals surface area contributed by atoms with Gasteiger partial charge in [-0.05, 0) is 37.6 Å². The summed E-state index contributed by atoms with van der Waals surface area (Å²) in [5.41, 5.74) is 1.85. The predicted molar refractivity (Wildman–Crippen MR) is 60.8 cm³/mol. The topological polar surface area (TPSA) is 15.3 Å². The maximum Gasteiger partial charge on any atom is 0.126 e. The molecule has 1 fully saturated rings. The number of rotatable bonds is 1. The second kappa shape index (κ2) is 4.19. The highest BCUT2D eigenvalue weighted by Crippen LogP contribution is 2.19. The lowest BCUT2D eigenvalue weighted by molar-refractivity contribution is 0.484. The van der Waals surface area contributed by atoms with Gasteiger partial charge in [-0.3, -0.25) is 0 Å². The van der Waals surface area contributed by atoms with E-state index in [1.807, 2.05) is 19.1 Å². The van der Waals surface area contributed by atoms with E-state index in [-0.39, 0.29) is 5.82 Å². The molecule has 3 heteroatoms. The highest BCUT2D eigenvalue weighted by Gasteiger charge is 2.16. The molecule has 0 bridgehead atoms. The first kappa shape index (κ1) is 10.4. The summed E-state index contributed by atoms with van der Waals surface area (Å²) in [5, 5.41) is 3.39. The molecule has 82 valence electrons. The van der Waals surface area contributed by atoms with Crippen LogP contribution in [-0.4, -0.2) is 25.7 Å². The third-order valence-electron chi connectivity index (χ3n) is 2.88. The smallest absolute Gasteiger partial charge is 0.126 e. The normalized spacial score (nSPS) is 21.8. The van der Waals surface area contributed by atoms with Crippen LogP contribution in [0.15, 0.2) is 18.2 Å². The lowest BCUT2D eigenvalue weighted by Crippen LogP contribution is -2.49. The Hall–Kier alpha value is -1.09. The van der Waals surface area contributed by atoms with Crippen LogP contribution in [0.4, 0.5) is 10.1 Å². The molecule has 15 heavy (non-hydrogen) atoms. The van der Waals surface area contributed by atoms with E-state index >= 15 is 0 Å². The van der Waals surface area contributed by atoms with Crippen LogP contribution in [0, 0.1) is 12.7 Å². The number of hydrogen-bond acceptors (Lipinski definition) is 2. The minimum Gasteiger partial charge on any atom is -0.369 e. The van der Waals surface area contributed by atoms with Gasteiger partial charge in [0.1, 0.15) is 5.82 Å². The number of hydrogen-bond donors (Lipinski definition) is 1. The fourth-order valence-corrected chi connectivity index (χ4v) is 1.99. The Morgan fingerprint density at radius 3 is 2.93 bits per heavy atom. The first-order chi connectivity index (χ1) is 7.16. The van der Waals surface area contributed by atoms with Crippen molar-refractivity contribution in [3.8, 4) is 0 Å². The van der Waals surface area contributed by atoms with Crippen molar-refractivity contribution in [2.45, 2.75) is 19.9 Å². The van der Waals surface area contributed by atoms with Crippen molar-refractivity contribution >= 4 is 5.69 Å². The number of anilines is 1. The number of nitrogens with zero attached hydrogens (tertiary/aromatic N) is 1. The maximum absolute atomic E-state index is 13.1. The Balaban J connectivity index is 2.18. The predicted octanol–water partition coefficient (Wildman–Crippen LogP) is 1.93. The van der Waals surface area contributed by atoms with Crippen LogP contribution in [0.5, 0.6) is 0 Å². The molecule has 1 atom stereocenters. The van der Waals surface area contributed by atoms with Crippen LogP contribution in [0.1, 0.15) is 12.5 Å². The summed E-state index contributed by atoms with van der Waals surface area (Å²) >= 11 is 0. The van der Waals surface area contributed by atoms with Gasteiger partial charge in [0.05, 0.1) is 0 Å². The quantitative estimate of drug-likeness (QED) is 0.758. The minimum atomic E-state index is -0.123. The standard InChI is InChI=1S/C12H17FN2/c1-9-7-11(3-4-12(9)13)15-6-5-14-10(2)8-15/h3-4,7,10,14H,5-6,8H2,1-2H3/t10-/m1/s1. The van der Waals surface area contributed by atoms with Crippen LogP contribution in [-0.2, 0) is 0 Å². The molecule has 0 amide bonds. The van der Waals surface area contributed by atoms with Gasteiger partial charge in [-0.1, -0.05) is 0 Å². The number of aryl methyl sites for hydroxylation is 1. The van der Waals surface area contributed by atoms with Gasteiger partial charge in [-0.25, -0.2) is 4.39 Å². The molecule has 1 heterocycles. The molecule has 0 spiro atoms. The van der Waals surface area contributed by atoms with Gasteiger partial charge in [0, 0.05) is 31.4 Å². The molecule has 2 rings (SSSR count). The molecule has 1 aliphatic heterocycles. The van der Waals surface area contributed by atoms with Gasteiger partial charge in [0.15, 0.2) is 0 Å². The Morgan fingerprint density at radius 2 is 2.27 bits per heavy atom. The van der Waals surface area contributed by atoms with E-state index in [0.717, 1.165) is 30.9 Å². The highest BCUT2D eigenvalue weighted by molar-refractivity contribution is 5.49. The van der Waals surface area contributed by atoms with Crippen LogP contribution >= 0.6 is 0 Å². The molecular formula is C12H17FN2. The molecule has 2 nitrogen and oxygen atoms in total. The van der Waals surface area contributed by atoms with Crippen LogP contribution in [0.25, 0.3) is 0 Å².